The minimum atomic E-state index is -0.999. The Kier molecular flexibility index (Phi) is 3.27. The van der Waals surface area contributed by atoms with Crippen molar-refractivity contribution in [1.29, 1.82) is 0 Å². The number of aromatic nitrogens is 2. The fourth-order valence-corrected chi connectivity index (χ4v) is 1.05. The van der Waals surface area contributed by atoms with Crippen LogP contribution in [0.2, 0.25) is 5.02 Å². The van der Waals surface area contributed by atoms with Gasteiger partial charge >= 0.3 is 5.97 Å². The third-order valence-corrected chi connectivity index (χ3v) is 1.69. The molecule has 0 radical (unpaired) electrons. The Morgan fingerprint density at radius 2 is 2.62 bits per heavy atom. The highest BCUT2D eigenvalue weighted by Gasteiger charge is 2.19. The van der Waals surface area contributed by atoms with Crippen LogP contribution in [0.4, 0.5) is 0 Å². The molecule has 1 atom stereocenters. The van der Waals surface area contributed by atoms with Crippen molar-refractivity contribution in [2.45, 2.75) is 6.04 Å². The van der Waals surface area contributed by atoms with Crippen molar-refractivity contribution >= 4 is 17.6 Å². The fraction of sp³-hybridized carbons (Fsp3) is 0.429. The van der Waals surface area contributed by atoms with Gasteiger partial charge in [-0.05, 0) is 0 Å². The molecule has 0 aliphatic rings. The molecule has 1 aromatic rings. The van der Waals surface area contributed by atoms with Crippen LogP contribution in [0.5, 0.6) is 0 Å². The number of carboxylic acids is 1. The summed E-state index contributed by atoms with van der Waals surface area (Å²) in [4.78, 5) is 10.7. The fourth-order valence-electron chi connectivity index (χ4n) is 0.904. The molecule has 0 bridgehead atoms. The number of rotatable bonds is 4. The Labute approximate surface area is 79.9 Å². The summed E-state index contributed by atoms with van der Waals surface area (Å²) in [6, 6.07) is -0.822. The molecule has 72 valence electrons. The van der Waals surface area contributed by atoms with Gasteiger partial charge in [0.1, 0.15) is 0 Å². The lowest BCUT2D eigenvalue weighted by Crippen LogP contribution is -2.23. The average Bonchev–Trinajstić information content (AvgIpc) is 2.46. The summed E-state index contributed by atoms with van der Waals surface area (Å²) in [6.45, 7) is 0.0628. The van der Waals surface area contributed by atoms with E-state index < -0.39 is 12.0 Å². The first-order valence-corrected chi connectivity index (χ1v) is 3.94. The van der Waals surface area contributed by atoms with Crippen LogP contribution in [0.15, 0.2) is 12.4 Å². The normalized spacial score (nSPS) is 12.8. The number of hydrogen-bond donors (Lipinski definition) is 1. The molecule has 0 saturated heterocycles. The summed E-state index contributed by atoms with van der Waals surface area (Å²) in [7, 11) is 1.43. The standard InChI is InChI=1S/C7H9ClN2O3/c1-13-4-6(7(11)12)10-3-5(8)2-9-10/h2-3,6H,4H2,1H3,(H,11,12)/t6-/m1/s1. The summed E-state index contributed by atoms with van der Waals surface area (Å²) >= 11 is 5.59. The molecule has 0 aliphatic carbocycles. The van der Waals surface area contributed by atoms with E-state index in [9.17, 15) is 4.79 Å². The van der Waals surface area contributed by atoms with Gasteiger partial charge in [-0.3, -0.25) is 4.68 Å². The molecule has 0 saturated carbocycles. The van der Waals surface area contributed by atoms with E-state index in [0.717, 1.165) is 0 Å². The Morgan fingerprint density at radius 3 is 3.00 bits per heavy atom. The van der Waals surface area contributed by atoms with Gasteiger partial charge in [0.15, 0.2) is 6.04 Å². The number of aliphatic carboxylic acids is 1. The summed E-state index contributed by atoms with van der Waals surface area (Å²) in [5.41, 5.74) is 0. The van der Waals surface area contributed by atoms with E-state index in [0.29, 0.717) is 5.02 Å². The van der Waals surface area contributed by atoms with Crippen LogP contribution < -0.4 is 0 Å². The molecule has 0 fully saturated rings. The molecular weight excluding hydrogens is 196 g/mol. The molecule has 1 aromatic heterocycles. The summed E-state index contributed by atoms with van der Waals surface area (Å²) < 4.78 is 6.00. The number of hydrogen-bond acceptors (Lipinski definition) is 3. The zero-order valence-corrected chi connectivity index (χ0v) is 7.73. The predicted octanol–water partition coefficient (Wildman–Crippen LogP) is 0.809. The van der Waals surface area contributed by atoms with Crippen LogP contribution >= 0.6 is 11.6 Å². The number of ether oxygens (including phenoxy) is 1. The van der Waals surface area contributed by atoms with Crippen LogP contribution in [-0.2, 0) is 9.53 Å². The molecule has 0 aromatic carbocycles. The molecule has 0 amide bonds. The van der Waals surface area contributed by atoms with Gasteiger partial charge in [0.05, 0.1) is 17.8 Å². The van der Waals surface area contributed by atoms with E-state index in [-0.39, 0.29) is 6.61 Å². The molecule has 13 heavy (non-hydrogen) atoms. The van der Waals surface area contributed by atoms with E-state index in [1.807, 2.05) is 0 Å². The number of carboxylic acid groups (broad SMARTS) is 1. The van der Waals surface area contributed by atoms with Crippen molar-refractivity contribution in [3.63, 3.8) is 0 Å². The molecule has 5 nitrogen and oxygen atoms in total. The lowest BCUT2D eigenvalue weighted by atomic mass is 10.3. The molecule has 1 N–H and O–H groups in total. The van der Waals surface area contributed by atoms with Crippen molar-refractivity contribution in [2.75, 3.05) is 13.7 Å². The predicted molar refractivity (Wildman–Crippen MR) is 45.8 cm³/mol. The van der Waals surface area contributed by atoms with Crippen molar-refractivity contribution < 1.29 is 14.6 Å². The van der Waals surface area contributed by atoms with E-state index in [4.69, 9.17) is 21.4 Å². The highest BCUT2D eigenvalue weighted by Crippen LogP contribution is 2.11. The van der Waals surface area contributed by atoms with Crippen LogP contribution in [0, 0.1) is 0 Å². The summed E-state index contributed by atoms with van der Waals surface area (Å²) in [5.74, 6) is -0.999. The highest BCUT2D eigenvalue weighted by molar-refractivity contribution is 6.30. The minimum absolute atomic E-state index is 0.0628. The van der Waals surface area contributed by atoms with Crippen LogP contribution in [0.3, 0.4) is 0 Å². The number of carbonyl (C=O) groups is 1. The summed E-state index contributed by atoms with van der Waals surface area (Å²) in [6.07, 6.45) is 2.83. The van der Waals surface area contributed by atoms with E-state index in [2.05, 4.69) is 5.10 Å². The van der Waals surface area contributed by atoms with E-state index in [1.165, 1.54) is 24.2 Å². The second-order valence-electron chi connectivity index (χ2n) is 2.45. The van der Waals surface area contributed by atoms with Gasteiger partial charge in [-0.2, -0.15) is 5.10 Å². The van der Waals surface area contributed by atoms with Crippen LogP contribution in [0.25, 0.3) is 0 Å². The van der Waals surface area contributed by atoms with Crippen LogP contribution in [-0.4, -0.2) is 34.6 Å². The van der Waals surface area contributed by atoms with Gasteiger partial charge in [0, 0.05) is 13.3 Å². The second kappa shape index (κ2) is 4.25. The topological polar surface area (TPSA) is 64.3 Å². The first kappa shape index (κ1) is 10.0. The maximum Gasteiger partial charge on any atom is 0.330 e. The zero-order chi connectivity index (χ0) is 9.84. The second-order valence-corrected chi connectivity index (χ2v) is 2.88. The number of nitrogens with zero attached hydrogens (tertiary/aromatic N) is 2. The SMILES string of the molecule is COC[C@H](C(=O)O)n1cc(Cl)cn1. The maximum atomic E-state index is 10.7. The number of methoxy groups -OCH3 is 1. The Bertz CT molecular complexity index is 300. The smallest absolute Gasteiger partial charge is 0.330 e. The largest absolute Gasteiger partial charge is 0.480 e. The van der Waals surface area contributed by atoms with Gasteiger partial charge < -0.3 is 9.84 Å². The van der Waals surface area contributed by atoms with Gasteiger partial charge in [-0.25, -0.2) is 4.79 Å². The van der Waals surface area contributed by atoms with Crippen LogP contribution in [0.1, 0.15) is 6.04 Å². The maximum absolute atomic E-state index is 10.7. The molecule has 6 heteroatoms. The zero-order valence-electron chi connectivity index (χ0n) is 6.98. The lowest BCUT2D eigenvalue weighted by Gasteiger charge is -2.10. The van der Waals surface area contributed by atoms with Gasteiger partial charge in [-0.15, -0.1) is 0 Å². The third kappa shape index (κ3) is 2.43. The van der Waals surface area contributed by atoms with Crippen molar-refractivity contribution in [3.05, 3.63) is 17.4 Å². The molecule has 0 spiro atoms. The van der Waals surface area contributed by atoms with Gasteiger partial charge in [0.2, 0.25) is 0 Å². The molecule has 0 unspecified atom stereocenters. The first-order valence-electron chi connectivity index (χ1n) is 3.56. The van der Waals surface area contributed by atoms with E-state index >= 15 is 0 Å². The molecule has 1 heterocycles. The van der Waals surface area contributed by atoms with Crippen molar-refractivity contribution in [3.8, 4) is 0 Å². The van der Waals surface area contributed by atoms with E-state index in [1.54, 1.807) is 0 Å². The first-order chi connectivity index (χ1) is 6.15. The minimum Gasteiger partial charge on any atom is -0.480 e. The Morgan fingerprint density at radius 1 is 1.92 bits per heavy atom. The average molecular weight is 205 g/mol. The number of halogens is 1. The van der Waals surface area contributed by atoms with Gasteiger partial charge in [-0.1, -0.05) is 11.6 Å². The molecule has 0 aliphatic heterocycles. The third-order valence-electron chi connectivity index (χ3n) is 1.50. The lowest BCUT2D eigenvalue weighted by molar-refractivity contribution is -0.142. The monoisotopic (exact) mass is 204 g/mol. The Balaban J connectivity index is 2.81. The Hall–Kier alpha value is -1.07. The molecular formula is C7H9ClN2O3. The quantitative estimate of drug-likeness (QED) is 0.788. The highest BCUT2D eigenvalue weighted by atomic mass is 35.5. The van der Waals surface area contributed by atoms with Gasteiger partial charge in [0.25, 0.3) is 0 Å². The molecule has 1 rings (SSSR count). The van der Waals surface area contributed by atoms with Crippen molar-refractivity contribution in [2.24, 2.45) is 0 Å². The summed E-state index contributed by atoms with van der Waals surface area (Å²) in [5, 5.41) is 13.0. The van der Waals surface area contributed by atoms with Crippen molar-refractivity contribution in [1.82, 2.24) is 9.78 Å².